The van der Waals surface area contributed by atoms with Crippen molar-refractivity contribution >= 4 is 17.6 Å². The number of ether oxygens (including phenoxy) is 2. The average Bonchev–Trinajstić information content (AvgIpc) is 2.55. The largest absolute Gasteiger partial charge is 0.489 e. The van der Waals surface area contributed by atoms with Crippen molar-refractivity contribution in [2.75, 3.05) is 11.9 Å². The Labute approximate surface area is 142 Å². The van der Waals surface area contributed by atoms with Crippen molar-refractivity contribution in [2.24, 2.45) is 0 Å². The van der Waals surface area contributed by atoms with Crippen LogP contribution in [0, 0.1) is 0 Å². The van der Waals surface area contributed by atoms with Gasteiger partial charge in [0, 0.05) is 13.0 Å². The van der Waals surface area contributed by atoms with Gasteiger partial charge in [0.15, 0.2) is 0 Å². The van der Waals surface area contributed by atoms with Gasteiger partial charge in [-0.1, -0.05) is 0 Å². The number of aromatic carboxylic acids is 1. The maximum atomic E-state index is 12.2. The Bertz CT molecular complexity index is 579. The summed E-state index contributed by atoms with van der Waals surface area (Å²) in [7, 11) is 0. The second-order valence-electron chi connectivity index (χ2n) is 6.26. The summed E-state index contributed by atoms with van der Waals surface area (Å²) >= 11 is 0. The lowest BCUT2D eigenvalue weighted by atomic mass is 10.0. The Hall–Kier alpha value is -2.08. The smallest absolute Gasteiger partial charge is 0.335 e. The molecule has 2 N–H and O–H groups in total. The van der Waals surface area contributed by atoms with E-state index < -0.39 is 5.97 Å². The summed E-state index contributed by atoms with van der Waals surface area (Å²) in [5.74, 6) is -0.741. The summed E-state index contributed by atoms with van der Waals surface area (Å²) in [6.45, 7) is 4.51. The highest BCUT2D eigenvalue weighted by Gasteiger charge is 2.17. The summed E-state index contributed by atoms with van der Waals surface area (Å²) in [6.07, 6.45) is 4.28. The molecule has 1 unspecified atom stereocenters. The number of hydrogen-bond donors (Lipinski definition) is 2. The fraction of sp³-hybridized carbons (Fsp3) is 0.556. The maximum Gasteiger partial charge on any atom is 0.335 e. The van der Waals surface area contributed by atoms with Crippen LogP contribution >= 0.6 is 0 Å². The zero-order valence-electron chi connectivity index (χ0n) is 14.2. The Kier molecular flexibility index (Phi) is 6.61. The van der Waals surface area contributed by atoms with E-state index in [9.17, 15) is 9.59 Å². The molecule has 1 aromatic carbocycles. The summed E-state index contributed by atoms with van der Waals surface area (Å²) in [5, 5.41) is 11.9. The zero-order valence-corrected chi connectivity index (χ0v) is 14.2. The van der Waals surface area contributed by atoms with Gasteiger partial charge in [-0.05, 0) is 57.7 Å². The Balaban J connectivity index is 2.00. The lowest BCUT2D eigenvalue weighted by Gasteiger charge is -2.22. The fourth-order valence-electron chi connectivity index (χ4n) is 2.66. The van der Waals surface area contributed by atoms with Gasteiger partial charge in [-0.3, -0.25) is 4.79 Å². The van der Waals surface area contributed by atoms with Gasteiger partial charge in [0.25, 0.3) is 0 Å². The van der Waals surface area contributed by atoms with Crippen molar-refractivity contribution in [3.05, 3.63) is 23.8 Å². The second kappa shape index (κ2) is 8.68. The molecule has 24 heavy (non-hydrogen) atoms. The van der Waals surface area contributed by atoms with Gasteiger partial charge in [0.05, 0.1) is 23.5 Å². The maximum absolute atomic E-state index is 12.2. The topological polar surface area (TPSA) is 84.9 Å². The van der Waals surface area contributed by atoms with E-state index in [1.807, 2.05) is 13.8 Å². The van der Waals surface area contributed by atoms with Gasteiger partial charge in [0.1, 0.15) is 5.75 Å². The molecule has 0 radical (unpaired) electrons. The lowest BCUT2D eigenvalue weighted by Crippen LogP contribution is -2.22. The lowest BCUT2D eigenvalue weighted by molar-refractivity contribution is -0.117. The molecule has 0 saturated carbocycles. The molecule has 1 saturated heterocycles. The summed E-state index contributed by atoms with van der Waals surface area (Å²) in [5.41, 5.74) is 0.496. The average molecular weight is 335 g/mol. The summed E-state index contributed by atoms with van der Waals surface area (Å²) in [4.78, 5) is 23.3. The van der Waals surface area contributed by atoms with E-state index in [2.05, 4.69) is 5.32 Å². The van der Waals surface area contributed by atoms with Crippen molar-refractivity contribution in [2.45, 2.75) is 58.2 Å². The minimum atomic E-state index is -1.04. The number of nitrogens with one attached hydrogen (secondary N) is 1. The number of benzene rings is 1. The third kappa shape index (κ3) is 5.53. The normalized spacial score (nSPS) is 17.5. The molecule has 0 aromatic heterocycles. The first-order chi connectivity index (χ1) is 11.5. The Morgan fingerprint density at radius 1 is 1.38 bits per heavy atom. The molecule has 1 fully saturated rings. The second-order valence-corrected chi connectivity index (χ2v) is 6.26. The fourth-order valence-corrected chi connectivity index (χ4v) is 2.66. The van der Waals surface area contributed by atoms with Crippen molar-refractivity contribution in [1.82, 2.24) is 0 Å². The molecule has 2 rings (SSSR count). The number of rotatable bonds is 7. The first-order valence-corrected chi connectivity index (χ1v) is 8.41. The number of carbonyl (C=O) groups excluding carboxylic acids is 1. The van der Waals surface area contributed by atoms with Crippen molar-refractivity contribution in [3.63, 3.8) is 0 Å². The van der Waals surface area contributed by atoms with Gasteiger partial charge < -0.3 is 19.9 Å². The molecule has 6 heteroatoms. The molecule has 1 aliphatic rings. The minimum Gasteiger partial charge on any atom is -0.489 e. The third-order valence-corrected chi connectivity index (χ3v) is 3.83. The molecule has 1 aliphatic heterocycles. The number of carboxylic acids is 1. The Morgan fingerprint density at radius 3 is 2.79 bits per heavy atom. The van der Waals surface area contributed by atoms with Crippen LogP contribution in [0.2, 0.25) is 0 Å². The number of carbonyl (C=O) groups is 2. The molecule has 0 bridgehead atoms. The van der Waals surface area contributed by atoms with Crippen LogP contribution in [0.15, 0.2) is 18.2 Å². The Morgan fingerprint density at radius 2 is 2.17 bits per heavy atom. The SMILES string of the molecule is CC(C)Oc1ccc(C(=O)O)cc1NC(=O)CCC1CCCCO1. The highest BCUT2D eigenvalue weighted by molar-refractivity contribution is 5.95. The monoisotopic (exact) mass is 335 g/mol. The minimum absolute atomic E-state index is 0.0769. The van der Waals surface area contributed by atoms with E-state index >= 15 is 0 Å². The van der Waals surface area contributed by atoms with Gasteiger partial charge in [-0.2, -0.15) is 0 Å². The first-order valence-electron chi connectivity index (χ1n) is 8.41. The number of carboxylic acid groups (broad SMARTS) is 1. The molecule has 1 heterocycles. The van der Waals surface area contributed by atoms with Crippen LogP contribution in [0.5, 0.6) is 5.75 Å². The molecule has 0 spiro atoms. The molecule has 132 valence electrons. The van der Waals surface area contributed by atoms with Crippen LogP contribution in [0.25, 0.3) is 0 Å². The molecule has 1 aromatic rings. The van der Waals surface area contributed by atoms with Crippen molar-refractivity contribution < 1.29 is 24.2 Å². The van der Waals surface area contributed by atoms with E-state index in [0.717, 1.165) is 25.9 Å². The van der Waals surface area contributed by atoms with Crippen LogP contribution in [0.4, 0.5) is 5.69 Å². The van der Waals surface area contributed by atoms with Crippen LogP contribution < -0.4 is 10.1 Å². The van der Waals surface area contributed by atoms with E-state index in [4.69, 9.17) is 14.6 Å². The number of hydrogen-bond acceptors (Lipinski definition) is 4. The van der Waals surface area contributed by atoms with Gasteiger partial charge in [0.2, 0.25) is 5.91 Å². The standard InChI is InChI=1S/C18H25NO5/c1-12(2)24-16-8-6-13(18(21)22)11-15(16)19-17(20)9-7-14-5-3-4-10-23-14/h6,8,11-12,14H,3-5,7,9-10H2,1-2H3,(H,19,20)(H,21,22). The van der Waals surface area contributed by atoms with Crippen LogP contribution in [0.3, 0.4) is 0 Å². The molecular formula is C18H25NO5. The zero-order chi connectivity index (χ0) is 17.5. The predicted molar refractivity (Wildman–Crippen MR) is 90.6 cm³/mol. The highest BCUT2D eigenvalue weighted by atomic mass is 16.5. The van der Waals surface area contributed by atoms with E-state index in [1.54, 1.807) is 6.07 Å². The van der Waals surface area contributed by atoms with Gasteiger partial charge >= 0.3 is 5.97 Å². The molecule has 1 atom stereocenters. The summed E-state index contributed by atoms with van der Waals surface area (Å²) in [6, 6.07) is 4.46. The number of amides is 1. The third-order valence-electron chi connectivity index (χ3n) is 3.83. The van der Waals surface area contributed by atoms with E-state index in [-0.39, 0.29) is 23.7 Å². The van der Waals surface area contributed by atoms with Gasteiger partial charge in [-0.25, -0.2) is 4.79 Å². The molecule has 0 aliphatic carbocycles. The molecular weight excluding hydrogens is 310 g/mol. The summed E-state index contributed by atoms with van der Waals surface area (Å²) < 4.78 is 11.3. The highest BCUT2D eigenvalue weighted by Crippen LogP contribution is 2.27. The van der Waals surface area contributed by atoms with Crippen LogP contribution in [-0.4, -0.2) is 35.8 Å². The van der Waals surface area contributed by atoms with Crippen LogP contribution in [-0.2, 0) is 9.53 Å². The van der Waals surface area contributed by atoms with E-state index in [0.29, 0.717) is 24.3 Å². The van der Waals surface area contributed by atoms with Gasteiger partial charge in [-0.15, -0.1) is 0 Å². The first kappa shape index (κ1) is 18.3. The van der Waals surface area contributed by atoms with E-state index in [1.165, 1.54) is 12.1 Å². The quantitative estimate of drug-likeness (QED) is 0.797. The molecule has 1 amide bonds. The van der Waals surface area contributed by atoms with Crippen LogP contribution in [0.1, 0.15) is 56.3 Å². The molecule has 6 nitrogen and oxygen atoms in total. The van der Waals surface area contributed by atoms with Crippen molar-refractivity contribution in [1.29, 1.82) is 0 Å². The predicted octanol–water partition coefficient (Wildman–Crippen LogP) is 3.46. The number of anilines is 1. The van der Waals surface area contributed by atoms with Crippen molar-refractivity contribution in [3.8, 4) is 5.75 Å².